The van der Waals surface area contributed by atoms with Crippen LogP contribution in [0.5, 0.6) is 0 Å². The van der Waals surface area contributed by atoms with E-state index in [0.29, 0.717) is 22.8 Å². The van der Waals surface area contributed by atoms with Crippen molar-refractivity contribution < 1.29 is 9.59 Å². The Morgan fingerprint density at radius 1 is 1.30 bits per heavy atom. The van der Waals surface area contributed by atoms with E-state index in [1.807, 2.05) is 6.92 Å². The van der Waals surface area contributed by atoms with Crippen LogP contribution < -0.4 is 16.0 Å². The fraction of sp³-hybridized carbons (Fsp3) is 0.429. The zero-order chi connectivity index (χ0) is 15.3. The first kappa shape index (κ1) is 16.5. The highest BCUT2D eigenvalue weighted by Crippen LogP contribution is 2.24. The second kappa shape index (κ2) is 6.72. The van der Waals surface area contributed by atoms with Crippen molar-refractivity contribution in [3.63, 3.8) is 0 Å². The summed E-state index contributed by atoms with van der Waals surface area (Å²) in [5.41, 5.74) is 0.137. The standard InChI is InChI=1S/C14H20ClN3O2/c1-5-17-14(2,3)13(20)18-11-8-9(12(19)16-4)6-7-10(11)15/h6-8,17H,5H2,1-4H3,(H,16,19)(H,18,20). The molecule has 0 bridgehead atoms. The number of anilines is 1. The molecule has 6 heteroatoms. The van der Waals surface area contributed by atoms with Gasteiger partial charge in [-0.15, -0.1) is 0 Å². The van der Waals surface area contributed by atoms with Gasteiger partial charge in [0.1, 0.15) is 0 Å². The smallest absolute Gasteiger partial charge is 0.251 e. The predicted molar refractivity (Wildman–Crippen MR) is 81.2 cm³/mol. The highest BCUT2D eigenvalue weighted by Gasteiger charge is 2.26. The minimum atomic E-state index is -0.721. The van der Waals surface area contributed by atoms with Crippen molar-refractivity contribution in [2.75, 3.05) is 18.9 Å². The van der Waals surface area contributed by atoms with Crippen LogP contribution in [-0.2, 0) is 4.79 Å². The van der Waals surface area contributed by atoms with Crippen molar-refractivity contribution >= 4 is 29.1 Å². The first-order chi connectivity index (χ1) is 9.31. The van der Waals surface area contributed by atoms with Crippen LogP contribution in [0.4, 0.5) is 5.69 Å². The lowest BCUT2D eigenvalue weighted by atomic mass is 10.0. The minimum Gasteiger partial charge on any atom is -0.355 e. The van der Waals surface area contributed by atoms with Gasteiger partial charge in [0.2, 0.25) is 5.91 Å². The predicted octanol–water partition coefficient (Wildman–Crippen LogP) is 2.03. The van der Waals surface area contributed by atoms with E-state index in [1.165, 1.54) is 0 Å². The Hall–Kier alpha value is -1.59. The van der Waals surface area contributed by atoms with Crippen LogP contribution in [-0.4, -0.2) is 30.9 Å². The molecule has 0 heterocycles. The summed E-state index contributed by atoms with van der Waals surface area (Å²) < 4.78 is 0. The minimum absolute atomic E-state index is 0.213. The van der Waals surface area contributed by atoms with Crippen LogP contribution in [0.25, 0.3) is 0 Å². The largest absolute Gasteiger partial charge is 0.355 e. The van der Waals surface area contributed by atoms with E-state index in [0.717, 1.165) is 0 Å². The number of halogens is 1. The molecule has 0 spiro atoms. The summed E-state index contributed by atoms with van der Waals surface area (Å²) in [7, 11) is 1.55. The van der Waals surface area contributed by atoms with E-state index in [-0.39, 0.29) is 11.8 Å². The molecule has 3 N–H and O–H groups in total. The lowest BCUT2D eigenvalue weighted by molar-refractivity contribution is -0.121. The Kier molecular flexibility index (Phi) is 5.53. The molecule has 0 saturated heterocycles. The Morgan fingerprint density at radius 3 is 2.50 bits per heavy atom. The van der Waals surface area contributed by atoms with Gasteiger partial charge >= 0.3 is 0 Å². The maximum absolute atomic E-state index is 12.2. The summed E-state index contributed by atoms with van der Waals surface area (Å²) in [6.45, 7) is 6.16. The molecular weight excluding hydrogens is 278 g/mol. The van der Waals surface area contributed by atoms with Gasteiger partial charge in [0.15, 0.2) is 0 Å². The Balaban J connectivity index is 2.97. The number of amides is 2. The maximum Gasteiger partial charge on any atom is 0.251 e. The zero-order valence-electron chi connectivity index (χ0n) is 12.1. The van der Waals surface area contributed by atoms with Gasteiger partial charge in [0.05, 0.1) is 16.2 Å². The Morgan fingerprint density at radius 2 is 1.95 bits per heavy atom. The molecule has 0 unspecified atom stereocenters. The van der Waals surface area contributed by atoms with Crippen LogP contribution in [0.2, 0.25) is 5.02 Å². The molecular formula is C14H20ClN3O2. The lowest BCUT2D eigenvalue weighted by Gasteiger charge is -2.24. The second-order valence-corrected chi connectivity index (χ2v) is 5.29. The monoisotopic (exact) mass is 297 g/mol. The third-order valence-electron chi connectivity index (χ3n) is 2.89. The highest BCUT2D eigenvalue weighted by molar-refractivity contribution is 6.34. The normalized spacial score (nSPS) is 11.1. The molecule has 0 aliphatic rings. The molecule has 0 atom stereocenters. The van der Waals surface area contributed by atoms with Crippen LogP contribution in [0.3, 0.4) is 0 Å². The summed E-state index contributed by atoms with van der Waals surface area (Å²) in [5.74, 6) is -0.446. The van der Waals surface area contributed by atoms with Gasteiger partial charge in [-0.3, -0.25) is 9.59 Å². The molecule has 0 saturated carbocycles. The third-order valence-corrected chi connectivity index (χ3v) is 3.22. The van der Waals surface area contributed by atoms with Gasteiger partial charge < -0.3 is 16.0 Å². The van der Waals surface area contributed by atoms with Gasteiger partial charge in [0.25, 0.3) is 5.91 Å². The van der Waals surface area contributed by atoms with Gasteiger partial charge in [-0.1, -0.05) is 18.5 Å². The topological polar surface area (TPSA) is 70.2 Å². The summed E-state index contributed by atoms with van der Waals surface area (Å²) in [6.07, 6.45) is 0. The third kappa shape index (κ3) is 3.95. The van der Waals surface area contributed by atoms with Crippen molar-refractivity contribution in [3.05, 3.63) is 28.8 Å². The van der Waals surface area contributed by atoms with Crippen molar-refractivity contribution in [3.8, 4) is 0 Å². The summed E-state index contributed by atoms with van der Waals surface area (Å²) in [6, 6.07) is 4.75. The number of likely N-dealkylation sites (N-methyl/N-ethyl adjacent to an activating group) is 1. The van der Waals surface area contributed by atoms with Crippen molar-refractivity contribution in [2.24, 2.45) is 0 Å². The van der Waals surface area contributed by atoms with E-state index in [2.05, 4.69) is 16.0 Å². The van der Waals surface area contributed by atoms with Gasteiger partial charge in [0, 0.05) is 12.6 Å². The van der Waals surface area contributed by atoms with Crippen molar-refractivity contribution in [1.29, 1.82) is 0 Å². The number of benzene rings is 1. The maximum atomic E-state index is 12.2. The number of hydrogen-bond acceptors (Lipinski definition) is 3. The van der Waals surface area contributed by atoms with Crippen molar-refractivity contribution in [1.82, 2.24) is 10.6 Å². The Labute approximate surface area is 124 Å². The van der Waals surface area contributed by atoms with Crippen LogP contribution in [0.1, 0.15) is 31.1 Å². The first-order valence-electron chi connectivity index (χ1n) is 6.40. The second-order valence-electron chi connectivity index (χ2n) is 4.88. The highest BCUT2D eigenvalue weighted by atomic mass is 35.5. The van der Waals surface area contributed by atoms with E-state index >= 15 is 0 Å². The van der Waals surface area contributed by atoms with E-state index < -0.39 is 5.54 Å². The first-order valence-corrected chi connectivity index (χ1v) is 6.77. The van der Waals surface area contributed by atoms with Crippen LogP contribution in [0, 0.1) is 0 Å². The zero-order valence-corrected chi connectivity index (χ0v) is 12.9. The molecule has 1 aromatic carbocycles. The molecule has 1 rings (SSSR count). The molecule has 0 aliphatic heterocycles. The summed E-state index contributed by atoms with van der Waals surface area (Å²) in [4.78, 5) is 23.8. The van der Waals surface area contributed by atoms with Crippen LogP contribution >= 0.6 is 11.6 Å². The van der Waals surface area contributed by atoms with Crippen molar-refractivity contribution in [2.45, 2.75) is 26.3 Å². The SMILES string of the molecule is CCNC(C)(C)C(=O)Nc1cc(C(=O)NC)ccc1Cl. The average molecular weight is 298 g/mol. The number of carbonyl (C=O) groups is 2. The molecule has 20 heavy (non-hydrogen) atoms. The number of rotatable bonds is 5. The molecule has 5 nitrogen and oxygen atoms in total. The fourth-order valence-electron chi connectivity index (χ4n) is 1.71. The average Bonchev–Trinajstić information content (AvgIpc) is 2.40. The number of carbonyl (C=O) groups excluding carboxylic acids is 2. The van der Waals surface area contributed by atoms with Gasteiger partial charge in [-0.2, -0.15) is 0 Å². The molecule has 0 aliphatic carbocycles. The quantitative estimate of drug-likeness (QED) is 0.779. The van der Waals surface area contributed by atoms with Gasteiger partial charge in [-0.05, 0) is 38.6 Å². The molecule has 0 fully saturated rings. The van der Waals surface area contributed by atoms with Crippen LogP contribution in [0.15, 0.2) is 18.2 Å². The summed E-state index contributed by atoms with van der Waals surface area (Å²) >= 11 is 6.05. The Bertz CT molecular complexity index is 515. The molecule has 0 aromatic heterocycles. The van der Waals surface area contributed by atoms with E-state index in [9.17, 15) is 9.59 Å². The van der Waals surface area contributed by atoms with E-state index in [4.69, 9.17) is 11.6 Å². The molecule has 1 aromatic rings. The fourth-order valence-corrected chi connectivity index (χ4v) is 1.87. The lowest BCUT2D eigenvalue weighted by Crippen LogP contribution is -2.49. The number of hydrogen-bond donors (Lipinski definition) is 3. The number of nitrogens with one attached hydrogen (secondary N) is 3. The molecule has 0 radical (unpaired) electrons. The molecule has 2 amide bonds. The van der Waals surface area contributed by atoms with E-state index in [1.54, 1.807) is 39.1 Å². The summed E-state index contributed by atoms with van der Waals surface area (Å²) in [5, 5.41) is 8.73. The van der Waals surface area contributed by atoms with Gasteiger partial charge in [-0.25, -0.2) is 0 Å². The molecule has 110 valence electrons.